The Hall–Kier alpha value is -2.66. The number of amides is 2. The van der Waals surface area contributed by atoms with Crippen LogP contribution in [-0.4, -0.2) is 42.9 Å². The Morgan fingerprint density at radius 1 is 0.967 bits per heavy atom. The summed E-state index contributed by atoms with van der Waals surface area (Å²) in [6.07, 6.45) is 6.12. The van der Waals surface area contributed by atoms with Crippen LogP contribution in [0.1, 0.15) is 37.7 Å². The molecule has 0 unspecified atom stereocenters. The van der Waals surface area contributed by atoms with E-state index in [0.717, 1.165) is 62.6 Å². The predicted octanol–water partition coefficient (Wildman–Crippen LogP) is 4.10. The molecule has 0 atom stereocenters. The van der Waals surface area contributed by atoms with E-state index in [1.54, 1.807) is 4.90 Å². The summed E-state index contributed by atoms with van der Waals surface area (Å²) in [5.41, 5.74) is 2.96. The zero-order valence-electron chi connectivity index (χ0n) is 17.6. The number of aryl methyl sites for hydroxylation is 1. The molecule has 0 radical (unpaired) electrons. The van der Waals surface area contributed by atoms with Gasteiger partial charge in [-0.05, 0) is 68.8 Å². The van der Waals surface area contributed by atoms with Gasteiger partial charge >= 0.3 is 0 Å². The van der Waals surface area contributed by atoms with Crippen molar-refractivity contribution in [3.05, 3.63) is 60.2 Å². The van der Waals surface area contributed by atoms with Gasteiger partial charge in [0.05, 0.1) is 17.9 Å². The number of para-hydroxylation sites is 2. The van der Waals surface area contributed by atoms with Gasteiger partial charge in [-0.2, -0.15) is 0 Å². The molecule has 2 fully saturated rings. The first kappa shape index (κ1) is 20.6. The fourth-order valence-electron chi connectivity index (χ4n) is 4.56. The minimum atomic E-state index is -0.00293. The van der Waals surface area contributed by atoms with Crippen molar-refractivity contribution >= 4 is 23.2 Å². The maximum Gasteiger partial charge on any atom is 0.238 e. The molecule has 1 N–H and O–H groups in total. The second kappa shape index (κ2) is 9.90. The van der Waals surface area contributed by atoms with Crippen LogP contribution < -0.4 is 10.2 Å². The number of hydrogen-bond acceptors (Lipinski definition) is 3. The standard InChI is InChI=1S/C25H31N3O2/c29-24(26-22-9-4-5-10-23(22)28-16-6-11-25(28)30)19-27-17-14-21(15-18-27)13-12-20-7-2-1-3-8-20/h1-5,7-10,21H,6,11-19H2,(H,26,29). The number of likely N-dealkylation sites (tertiary alicyclic amines) is 1. The summed E-state index contributed by atoms with van der Waals surface area (Å²) >= 11 is 0. The summed E-state index contributed by atoms with van der Waals surface area (Å²) in [4.78, 5) is 28.8. The molecule has 30 heavy (non-hydrogen) atoms. The molecule has 5 nitrogen and oxygen atoms in total. The normalized spacial score (nSPS) is 18.0. The Morgan fingerprint density at radius 3 is 2.43 bits per heavy atom. The zero-order chi connectivity index (χ0) is 20.8. The predicted molar refractivity (Wildman–Crippen MR) is 121 cm³/mol. The summed E-state index contributed by atoms with van der Waals surface area (Å²) in [7, 11) is 0. The van der Waals surface area contributed by atoms with E-state index < -0.39 is 0 Å². The summed E-state index contributed by atoms with van der Waals surface area (Å²) in [5.74, 6) is 0.873. The fraction of sp³-hybridized carbons (Fsp3) is 0.440. The number of rotatable bonds is 7. The van der Waals surface area contributed by atoms with Gasteiger partial charge in [0, 0.05) is 13.0 Å². The van der Waals surface area contributed by atoms with Gasteiger partial charge in [-0.25, -0.2) is 0 Å². The molecular weight excluding hydrogens is 374 g/mol. The van der Waals surface area contributed by atoms with Crippen molar-refractivity contribution in [3.8, 4) is 0 Å². The van der Waals surface area contributed by atoms with Crippen LogP contribution in [0.15, 0.2) is 54.6 Å². The Morgan fingerprint density at radius 2 is 1.70 bits per heavy atom. The maximum absolute atomic E-state index is 12.7. The monoisotopic (exact) mass is 405 g/mol. The molecule has 2 aromatic carbocycles. The molecule has 0 saturated carbocycles. The van der Waals surface area contributed by atoms with Crippen LogP contribution >= 0.6 is 0 Å². The SMILES string of the molecule is O=C(CN1CCC(CCc2ccccc2)CC1)Nc1ccccc1N1CCCC1=O. The van der Waals surface area contributed by atoms with E-state index in [2.05, 4.69) is 40.5 Å². The second-order valence-electron chi connectivity index (χ2n) is 8.46. The minimum Gasteiger partial charge on any atom is -0.323 e. The molecule has 0 aliphatic carbocycles. The number of nitrogens with one attached hydrogen (secondary N) is 1. The van der Waals surface area contributed by atoms with Crippen LogP contribution in [0.3, 0.4) is 0 Å². The Bertz CT molecular complexity index is 860. The zero-order valence-corrected chi connectivity index (χ0v) is 17.6. The van der Waals surface area contributed by atoms with Crippen molar-refractivity contribution in [1.29, 1.82) is 0 Å². The summed E-state index contributed by atoms with van der Waals surface area (Å²) in [6, 6.07) is 18.3. The quantitative estimate of drug-likeness (QED) is 0.755. The van der Waals surface area contributed by atoms with Crippen molar-refractivity contribution in [2.24, 2.45) is 5.92 Å². The van der Waals surface area contributed by atoms with Crippen molar-refractivity contribution in [3.63, 3.8) is 0 Å². The highest BCUT2D eigenvalue weighted by Crippen LogP contribution is 2.29. The maximum atomic E-state index is 12.7. The van der Waals surface area contributed by atoms with Crippen molar-refractivity contribution < 1.29 is 9.59 Å². The first-order chi connectivity index (χ1) is 14.7. The van der Waals surface area contributed by atoms with E-state index in [0.29, 0.717) is 13.0 Å². The third-order valence-corrected chi connectivity index (χ3v) is 6.30. The fourth-order valence-corrected chi connectivity index (χ4v) is 4.56. The van der Waals surface area contributed by atoms with Gasteiger partial charge in [0.15, 0.2) is 0 Å². The van der Waals surface area contributed by atoms with E-state index in [1.165, 1.54) is 12.0 Å². The number of nitrogens with zero attached hydrogens (tertiary/aromatic N) is 2. The molecule has 0 aromatic heterocycles. The van der Waals surface area contributed by atoms with E-state index >= 15 is 0 Å². The highest BCUT2D eigenvalue weighted by atomic mass is 16.2. The average molecular weight is 406 g/mol. The van der Waals surface area contributed by atoms with Gasteiger partial charge in [0.25, 0.3) is 0 Å². The summed E-state index contributed by atoms with van der Waals surface area (Å²) in [6.45, 7) is 3.08. The number of carbonyl (C=O) groups excluding carboxylic acids is 2. The molecule has 0 spiro atoms. The Kier molecular flexibility index (Phi) is 6.80. The number of carbonyl (C=O) groups is 2. The van der Waals surface area contributed by atoms with E-state index in [4.69, 9.17) is 0 Å². The Balaban J connectivity index is 1.24. The summed E-state index contributed by atoms with van der Waals surface area (Å²) in [5, 5.41) is 3.04. The topological polar surface area (TPSA) is 52.7 Å². The molecule has 2 aromatic rings. The van der Waals surface area contributed by atoms with Crippen LogP contribution in [-0.2, 0) is 16.0 Å². The van der Waals surface area contributed by atoms with E-state index in [-0.39, 0.29) is 11.8 Å². The molecule has 2 aliphatic heterocycles. The first-order valence-corrected chi connectivity index (χ1v) is 11.1. The van der Waals surface area contributed by atoms with Gasteiger partial charge in [-0.15, -0.1) is 0 Å². The molecule has 2 aliphatic rings. The minimum absolute atomic E-state index is 0.00293. The molecule has 5 heteroatoms. The van der Waals surface area contributed by atoms with Crippen LogP contribution in [0.25, 0.3) is 0 Å². The molecular formula is C25H31N3O2. The lowest BCUT2D eigenvalue weighted by Crippen LogP contribution is -2.39. The van der Waals surface area contributed by atoms with E-state index in [1.807, 2.05) is 24.3 Å². The molecule has 2 amide bonds. The van der Waals surface area contributed by atoms with Gasteiger partial charge in [-0.3, -0.25) is 14.5 Å². The lowest BCUT2D eigenvalue weighted by atomic mass is 9.90. The number of piperidine rings is 1. The Labute approximate surface area is 179 Å². The average Bonchev–Trinajstić information content (AvgIpc) is 3.20. The lowest BCUT2D eigenvalue weighted by molar-refractivity contribution is -0.118. The molecule has 0 bridgehead atoms. The number of benzene rings is 2. The molecule has 158 valence electrons. The van der Waals surface area contributed by atoms with Crippen LogP contribution in [0.2, 0.25) is 0 Å². The van der Waals surface area contributed by atoms with E-state index in [9.17, 15) is 9.59 Å². The van der Waals surface area contributed by atoms with Gasteiger partial charge in [-0.1, -0.05) is 42.5 Å². The largest absolute Gasteiger partial charge is 0.323 e. The lowest BCUT2D eigenvalue weighted by Gasteiger charge is -2.31. The summed E-state index contributed by atoms with van der Waals surface area (Å²) < 4.78 is 0. The van der Waals surface area contributed by atoms with Crippen molar-refractivity contribution in [1.82, 2.24) is 4.90 Å². The number of anilines is 2. The third-order valence-electron chi connectivity index (χ3n) is 6.30. The van der Waals surface area contributed by atoms with Crippen molar-refractivity contribution in [2.75, 3.05) is 36.4 Å². The molecule has 4 rings (SSSR count). The van der Waals surface area contributed by atoms with Crippen LogP contribution in [0, 0.1) is 5.92 Å². The van der Waals surface area contributed by atoms with Gasteiger partial charge in [0.1, 0.15) is 0 Å². The third kappa shape index (κ3) is 5.28. The molecule has 2 heterocycles. The highest BCUT2D eigenvalue weighted by molar-refractivity contribution is 6.02. The van der Waals surface area contributed by atoms with Crippen LogP contribution in [0.4, 0.5) is 11.4 Å². The van der Waals surface area contributed by atoms with Gasteiger partial charge in [0.2, 0.25) is 11.8 Å². The van der Waals surface area contributed by atoms with Crippen LogP contribution in [0.5, 0.6) is 0 Å². The first-order valence-electron chi connectivity index (χ1n) is 11.1. The van der Waals surface area contributed by atoms with Gasteiger partial charge < -0.3 is 10.2 Å². The molecule has 2 saturated heterocycles. The second-order valence-corrected chi connectivity index (χ2v) is 8.46. The highest BCUT2D eigenvalue weighted by Gasteiger charge is 2.25. The smallest absolute Gasteiger partial charge is 0.238 e. The van der Waals surface area contributed by atoms with Crippen molar-refractivity contribution in [2.45, 2.75) is 38.5 Å². The number of hydrogen-bond donors (Lipinski definition) is 1.